The first-order chi connectivity index (χ1) is 11.0. The highest BCUT2D eigenvalue weighted by molar-refractivity contribution is 5.92. The molecule has 3 heterocycles. The second-order valence-electron chi connectivity index (χ2n) is 6.01. The standard InChI is InChI=1S/C15H21N7O/c1-20(2)15-17-6-10(7-18-15)8-22-5-4-12-11(9-22)13(14(16)23)19-21(12)3/h6-7H,4-5,8-9H2,1-3H3,(H2,16,23). The van der Waals surface area contributed by atoms with Crippen LogP contribution in [0.15, 0.2) is 12.4 Å². The Balaban J connectivity index is 1.75. The smallest absolute Gasteiger partial charge is 0.269 e. The van der Waals surface area contributed by atoms with Crippen LogP contribution in [0.1, 0.15) is 27.3 Å². The molecule has 0 fully saturated rings. The van der Waals surface area contributed by atoms with E-state index in [4.69, 9.17) is 5.73 Å². The topological polar surface area (TPSA) is 93.2 Å². The monoisotopic (exact) mass is 315 g/mol. The highest BCUT2D eigenvalue weighted by atomic mass is 16.1. The molecule has 0 saturated heterocycles. The maximum atomic E-state index is 11.6. The van der Waals surface area contributed by atoms with Gasteiger partial charge in [0, 0.05) is 76.4 Å². The third-order valence-corrected chi connectivity index (χ3v) is 4.05. The Morgan fingerprint density at radius 2 is 2.04 bits per heavy atom. The van der Waals surface area contributed by atoms with Gasteiger partial charge in [0.05, 0.1) is 0 Å². The largest absolute Gasteiger partial charge is 0.364 e. The summed E-state index contributed by atoms with van der Waals surface area (Å²) in [7, 11) is 5.68. The molecule has 2 aromatic rings. The van der Waals surface area contributed by atoms with Crippen LogP contribution in [0.5, 0.6) is 0 Å². The Morgan fingerprint density at radius 3 is 2.65 bits per heavy atom. The van der Waals surface area contributed by atoms with Crippen LogP contribution in [-0.2, 0) is 26.6 Å². The molecule has 2 aromatic heterocycles. The Kier molecular flexibility index (Phi) is 3.99. The van der Waals surface area contributed by atoms with Crippen LogP contribution < -0.4 is 10.6 Å². The summed E-state index contributed by atoms with van der Waals surface area (Å²) in [5, 5.41) is 4.25. The molecule has 0 atom stereocenters. The van der Waals surface area contributed by atoms with Crippen LogP contribution in [0.25, 0.3) is 0 Å². The highest BCUT2D eigenvalue weighted by Crippen LogP contribution is 2.23. The van der Waals surface area contributed by atoms with Crippen LogP contribution >= 0.6 is 0 Å². The average molecular weight is 315 g/mol. The minimum absolute atomic E-state index is 0.381. The van der Waals surface area contributed by atoms with E-state index < -0.39 is 5.91 Å². The number of aryl methyl sites for hydroxylation is 1. The molecule has 1 aliphatic heterocycles. The van der Waals surface area contributed by atoms with Crippen molar-refractivity contribution in [3.8, 4) is 0 Å². The molecule has 1 aliphatic rings. The van der Waals surface area contributed by atoms with Crippen molar-refractivity contribution in [3.63, 3.8) is 0 Å². The lowest BCUT2D eigenvalue weighted by Gasteiger charge is -2.27. The summed E-state index contributed by atoms with van der Waals surface area (Å²) in [6, 6.07) is 0. The van der Waals surface area contributed by atoms with E-state index >= 15 is 0 Å². The maximum Gasteiger partial charge on any atom is 0.269 e. The molecule has 23 heavy (non-hydrogen) atoms. The van der Waals surface area contributed by atoms with Crippen molar-refractivity contribution in [1.82, 2.24) is 24.6 Å². The molecule has 0 unspecified atom stereocenters. The zero-order chi connectivity index (χ0) is 16.6. The van der Waals surface area contributed by atoms with Gasteiger partial charge >= 0.3 is 0 Å². The predicted octanol–water partition coefficient (Wildman–Crippen LogP) is -0.0667. The maximum absolute atomic E-state index is 11.6. The predicted molar refractivity (Wildman–Crippen MR) is 85.9 cm³/mol. The van der Waals surface area contributed by atoms with Crippen LogP contribution in [0.3, 0.4) is 0 Å². The molecule has 2 N–H and O–H groups in total. The zero-order valence-corrected chi connectivity index (χ0v) is 13.7. The van der Waals surface area contributed by atoms with E-state index in [0.29, 0.717) is 18.2 Å². The van der Waals surface area contributed by atoms with Crippen LogP contribution in [-0.4, -0.2) is 51.2 Å². The third-order valence-electron chi connectivity index (χ3n) is 4.05. The Bertz CT molecular complexity index is 720. The van der Waals surface area contributed by atoms with Gasteiger partial charge in [-0.15, -0.1) is 0 Å². The first-order valence-corrected chi connectivity index (χ1v) is 7.51. The Morgan fingerprint density at radius 1 is 1.35 bits per heavy atom. The summed E-state index contributed by atoms with van der Waals surface area (Å²) in [6.45, 7) is 2.30. The number of rotatable bonds is 4. The zero-order valence-electron chi connectivity index (χ0n) is 13.7. The number of nitrogens with two attached hydrogens (primary N) is 1. The number of primary amides is 1. The summed E-state index contributed by atoms with van der Waals surface area (Å²) in [4.78, 5) is 24.3. The average Bonchev–Trinajstić information content (AvgIpc) is 2.85. The van der Waals surface area contributed by atoms with Gasteiger partial charge in [0.2, 0.25) is 5.95 Å². The van der Waals surface area contributed by atoms with Crippen molar-refractivity contribution in [2.75, 3.05) is 25.5 Å². The fourth-order valence-corrected chi connectivity index (χ4v) is 2.90. The number of aromatic nitrogens is 4. The lowest BCUT2D eigenvalue weighted by Crippen LogP contribution is -2.31. The van der Waals surface area contributed by atoms with Crippen molar-refractivity contribution in [2.24, 2.45) is 12.8 Å². The molecule has 3 rings (SSSR count). The van der Waals surface area contributed by atoms with Crippen LogP contribution in [0, 0.1) is 0 Å². The number of anilines is 1. The van der Waals surface area contributed by atoms with Gasteiger partial charge in [0.25, 0.3) is 5.91 Å². The van der Waals surface area contributed by atoms with Crippen molar-refractivity contribution < 1.29 is 4.79 Å². The Hall–Kier alpha value is -2.48. The number of nitrogens with zero attached hydrogens (tertiary/aromatic N) is 6. The summed E-state index contributed by atoms with van der Waals surface area (Å²) in [5.41, 5.74) is 8.90. The molecule has 0 spiro atoms. The van der Waals surface area contributed by atoms with E-state index in [1.54, 1.807) is 4.68 Å². The molecule has 0 aromatic carbocycles. The quantitative estimate of drug-likeness (QED) is 0.849. The molecule has 0 saturated carbocycles. The summed E-state index contributed by atoms with van der Waals surface area (Å²) < 4.78 is 1.77. The third kappa shape index (κ3) is 3.02. The van der Waals surface area contributed by atoms with Gasteiger partial charge in [-0.25, -0.2) is 9.97 Å². The van der Waals surface area contributed by atoms with E-state index in [0.717, 1.165) is 36.3 Å². The van der Waals surface area contributed by atoms with Crippen LogP contribution in [0.2, 0.25) is 0 Å². The van der Waals surface area contributed by atoms with E-state index in [1.165, 1.54) is 0 Å². The highest BCUT2D eigenvalue weighted by Gasteiger charge is 2.26. The summed E-state index contributed by atoms with van der Waals surface area (Å²) in [5.74, 6) is 0.223. The number of hydrogen-bond donors (Lipinski definition) is 1. The van der Waals surface area contributed by atoms with Crippen LogP contribution in [0.4, 0.5) is 5.95 Å². The molecule has 1 amide bonds. The summed E-state index contributed by atoms with van der Waals surface area (Å²) >= 11 is 0. The van der Waals surface area contributed by atoms with E-state index in [-0.39, 0.29) is 0 Å². The molecule has 0 radical (unpaired) electrons. The molecular weight excluding hydrogens is 294 g/mol. The molecule has 0 bridgehead atoms. The van der Waals surface area contributed by atoms with E-state index in [2.05, 4.69) is 20.0 Å². The van der Waals surface area contributed by atoms with Crippen molar-refractivity contribution in [2.45, 2.75) is 19.5 Å². The van der Waals surface area contributed by atoms with Gasteiger partial charge in [-0.1, -0.05) is 0 Å². The van der Waals surface area contributed by atoms with Gasteiger partial charge in [0.1, 0.15) is 0 Å². The number of fused-ring (bicyclic) bond motifs is 1. The fourth-order valence-electron chi connectivity index (χ4n) is 2.90. The molecule has 122 valence electrons. The minimum atomic E-state index is -0.470. The molecule has 8 nitrogen and oxygen atoms in total. The normalized spacial score (nSPS) is 14.6. The minimum Gasteiger partial charge on any atom is -0.364 e. The van der Waals surface area contributed by atoms with Gasteiger partial charge < -0.3 is 10.6 Å². The van der Waals surface area contributed by atoms with Gasteiger partial charge in [-0.2, -0.15) is 5.10 Å². The first-order valence-electron chi connectivity index (χ1n) is 7.51. The number of carbonyl (C=O) groups is 1. The Labute approximate surface area is 134 Å². The van der Waals surface area contributed by atoms with Gasteiger partial charge in [-0.05, 0) is 0 Å². The molecular formula is C15H21N7O. The summed E-state index contributed by atoms with van der Waals surface area (Å²) in [6.07, 6.45) is 4.54. The molecule has 0 aliphatic carbocycles. The molecule has 8 heteroatoms. The van der Waals surface area contributed by atoms with Gasteiger partial charge in [-0.3, -0.25) is 14.4 Å². The van der Waals surface area contributed by atoms with Crippen molar-refractivity contribution in [1.29, 1.82) is 0 Å². The van der Waals surface area contributed by atoms with E-state index in [9.17, 15) is 4.79 Å². The lowest BCUT2D eigenvalue weighted by atomic mass is 10.0. The second kappa shape index (κ2) is 5.96. The fraction of sp³-hybridized carbons (Fsp3) is 0.467. The number of amides is 1. The lowest BCUT2D eigenvalue weighted by molar-refractivity contribution is 0.0992. The number of carbonyl (C=O) groups excluding carboxylic acids is 1. The second-order valence-corrected chi connectivity index (χ2v) is 6.01. The SMILES string of the molecule is CN(C)c1ncc(CN2CCc3c(c(C(N)=O)nn3C)C2)cn1. The number of hydrogen-bond acceptors (Lipinski definition) is 6. The van der Waals surface area contributed by atoms with E-state index in [1.807, 2.05) is 38.4 Å². The van der Waals surface area contributed by atoms with Crippen molar-refractivity contribution >= 4 is 11.9 Å². The first kappa shape index (κ1) is 15.4. The van der Waals surface area contributed by atoms with Crippen molar-refractivity contribution in [3.05, 3.63) is 34.9 Å². The van der Waals surface area contributed by atoms with Gasteiger partial charge in [0.15, 0.2) is 5.69 Å².